The lowest BCUT2D eigenvalue weighted by atomic mass is 9.99. The molecule has 13 heavy (non-hydrogen) atoms. The van der Waals surface area contributed by atoms with Crippen molar-refractivity contribution in [3.63, 3.8) is 0 Å². The highest BCUT2D eigenvalue weighted by Crippen LogP contribution is 2.60. The van der Waals surface area contributed by atoms with Crippen LogP contribution in [-0.4, -0.2) is 5.11 Å². The summed E-state index contributed by atoms with van der Waals surface area (Å²) in [7, 11) is 0. The Hall–Kier alpha value is -0.340. The summed E-state index contributed by atoms with van der Waals surface area (Å²) in [5, 5.41) is 9.83. The van der Waals surface area contributed by atoms with E-state index in [9.17, 15) is 5.11 Å². The number of hydrogen-bond donors (Lipinski definition) is 1. The Kier molecular flexibility index (Phi) is 1.46. The molecule has 2 aliphatic rings. The minimum Gasteiger partial charge on any atom is -0.388 e. The van der Waals surface area contributed by atoms with Crippen LogP contribution in [0.5, 0.6) is 0 Å². The highest BCUT2D eigenvalue weighted by Gasteiger charge is 2.51. The summed E-state index contributed by atoms with van der Waals surface area (Å²) in [6.07, 6.45) is 3.24. The Morgan fingerprint density at radius 1 is 1.38 bits per heavy atom. The summed E-state index contributed by atoms with van der Waals surface area (Å²) < 4.78 is 1.13. The van der Waals surface area contributed by atoms with Crippen molar-refractivity contribution in [1.29, 1.82) is 0 Å². The van der Waals surface area contributed by atoms with E-state index in [1.807, 2.05) is 6.07 Å². The van der Waals surface area contributed by atoms with Gasteiger partial charge in [-0.1, -0.05) is 22.0 Å². The van der Waals surface area contributed by atoms with E-state index in [4.69, 9.17) is 0 Å². The minimum absolute atomic E-state index is 0.217. The average Bonchev–Trinajstić information content (AvgIpc) is 2.79. The largest absolute Gasteiger partial charge is 0.388 e. The van der Waals surface area contributed by atoms with Crippen LogP contribution in [0.25, 0.3) is 0 Å². The molecule has 0 heterocycles. The van der Waals surface area contributed by atoms with Crippen molar-refractivity contribution in [2.75, 3.05) is 0 Å². The summed E-state index contributed by atoms with van der Waals surface area (Å²) in [5.74, 6) is 0. The van der Waals surface area contributed by atoms with E-state index in [2.05, 4.69) is 28.1 Å². The van der Waals surface area contributed by atoms with Crippen molar-refractivity contribution in [3.8, 4) is 0 Å². The van der Waals surface area contributed by atoms with Crippen molar-refractivity contribution in [1.82, 2.24) is 0 Å². The third kappa shape index (κ3) is 1.02. The number of fused-ring (bicyclic) bond motifs is 2. The van der Waals surface area contributed by atoms with Gasteiger partial charge >= 0.3 is 0 Å². The predicted octanol–water partition coefficient (Wildman–Crippen LogP) is 2.92. The predicted molar refractivity (Wildman–Crippen MR) is 54.6 cm³/mol. The van der Waals surface area contributed by atoms with Crippen molar-refractivity contribution in [2.45, 2.75) is 30.8 Å². The fourth-order valence-corrected chi connectivity index (χ4v) is 2.85. The molecule has 1 unspecified atom stereocenters. The van der Waals surface area contributed by atoms with E-state index < -0.39 is 0 Å². The molecule has 1 aromatic carbocycles. The molecular weight excluding hydrogens is 228 g/mol. The van der Waals surface area contributed by atoms with E-state index >= 15 is 0 Å². The molecule has 3 rings (SSSR count). The zero-order chi connectivity index (χ0) is 9.05. The first-order chi connectivity index (χ1) is 6.21. The van der Waals surface area contributed by atoms with Crippen molar-refractivity contribution in [3.05, 3.63) is 33.8 Å². The van der Waals surface area contributed by atoms with Gasteiger partial charge in [-0.25, -0.2) is 0 Å². The molecule has 0 amide bonds. The molecule has 1 aromatic rings. The van der Waals surface area contributed by atoms with E-state index in [1.165, 1.54) is 18.4 Å². The van der Waals surface area contributed by atoms with Crippen LogP contribution in [0.1, 0.15) is 36.5 Å². The lowest BCUT2D eigenvalue weighted by Crippen LogP contribution is -1.99. The van der Waals surface area contributed by atoms with Crippen LogP contribution in [0, 0.1) is 0 Å². The molecule has 68 valence electrons. The Labute approximate surface area is 85.9 Å². The smallest absolute Gasteiger partial charge is 0.0801 e. The van der Waals surface area contributed by atoms with Crippen LogP contribution in [0.15, 0.2) is 22.7 Å². The SMILES string of the molecule is OC1CC2(CC2)c2cc(Br)ccc21. The molecule has 0 aliphatic heterocycles. The Bertz CT molecular complexity index is 368. The van der Waals surface area contributed by atoms with E-state index in [1.54, 1.807) is 0 Å². The fourth-order valence-electron chi connectivity index (χ4n) is 2.49. The number of halogens is 1. The second kappa shape index (κ2) is 2.37. The summed E-state index contributed by atoms with van der Waals surface area (Å²) >= 11 is 3.48. The summed E-state index contributed by atoms with van der Waals surface area (Å²) in [6, 6.07) is 6.25. The second-order valence-corrected chi connectivity index (χ2v) is 5.15. The van der Waals surface area contributed by atoms with Gasteiger partial charge in [0.1, 0.15) is 0 Å². The lowest BCUT2D eigenvalue weighted by Gasteiger charge is -2.06. The second-order valence-electron chi connectivity index (χ2n) is 4.23. The van der Waals surface area contributed by atoms with E-state index in [0.717, 1.165) is 16.5 Å². The normalized spacial score (nSPS) is 27.7. The maximum atomic E-state index is 9.83. The van der Waals surface area contributed by atoms with Crippen LogP contribution < -0.4 is 0 Å². The van der Waals surface area contributed by atoms with Gasteiger partial charge in [-0.2, -0.15) is 0 Å². The average molecular weight is 239 g/mol. The zero-order valence-corrected chi connectivity index (χ0v) is 8.84. The summed E-state index contributed by atoms with van der Waals surface area (Å²) in [4.78, 5) is 0. The summed E-state index contributed by atoms with van der Waals surface area (Å²) in [5.41, 5.74) is 2.90. The van der Waals surface area contributed by atoms with Gasteiger partial charge in [0.2, 0.25) is 0 Å². The van der Waals surface area contributed by atoms with Gasteiger partial charge in [0.15, 0.2) is 0 Å². The highest BCUT2D eigenvalue weighted by atomic mass is 79.9. The van der Waals surface area contributed by atoms with E-state index in [0.29, 0.717) is 5.41 Å². The van der Waals surface area contributed by atoms with Crippen LogP contribution in [0.3, 0.4) is 0 Å². The Balaban J connectivity index is 2.20. The van der Waals surface area contributed by atoms with Gasteiger partial charge in [0.05, 0.1) is 6.10 Å². The highest BCUT2D eigenvalue weighted by molar-refractivity contribution is 9.10. The maximum absolute atomic E-state index is 9.83. The van der Waals surface area contributed by atoms with Crippen LogP contribution >= 0.6 is 15.9 Å². The number of hydrogen-bond acceptors (Lipinski definition) is 1. The molecule has 1 spiro atoms. The molecule has 1 saturated carbocycles. The molecule has 0 bridgehead atoms. The van der Waals surface area contributed by atoms with Crippen molar-refractivity contribution in [2.24, 2.45) is 0 Å². The first kappa shape index (κ1) is 8.01. The molecule has 0 saturated heterocycles. The molecule has 0 aromatic heterocycles. The molecule has 1 atom stereocenters. The first-order valence-electron chi connectivity index (χ1n) is 4.69. The number of benzene rings is 1. The van der Waals surface area contributed by atoms with Crippen molar-refractivity contribution >= 4 is 15.9 Å². The number of rotatable bonds is 0. The molecular formula is C11H11BrO. The molecule has 2 heteroatoms. The van der Waals surface area contributed by atoms with Crippen molar-refractivity contribution < 1.29 is 5.11 Å². The van der Waals surface area contributed by atoms with Gasteiger partial charge < -0.3 is 5.11 Å². The monoisotopic (exact) mass is 238 g/mol. The minimum atomic E-state index is -0.217. The lowest BCUT2D eigenvalue weighted by molar-refractivity contribution is 0.170. The van der Waals surface area contributed by atoms with Gasteiger partial charge in [0.25, 0.3) is 0 Å². The summed E-state index contributed by atoms with van der Waals surface area (Å²) in [6.45, 7) is 0. The maximum Gasteiger partial charge on any atom is 0.0801 e. The fraction of sp³-hybridized carbons (Fsp3) is 0.455. The first-order valence-corrected chi connectivity index (χ1v) is 5.49. The molecule has 1 N–H and O–H groups in total. The van der Waals surface area contributed by atoms with Crippen LogP contribution in [0.4, 0.5) is 0 Å². The van der Waals surface area contributed by atoms with Gasteiger partial charge in [-0.15, -0.1) is 0 Å². The van der Waals surface area contributed by atoms with Crippen LogP contribution in [0.2, 0.25) is 0 Å². The van der Waals surface area contributed by atoms with Gasteiger partial charge in [-0.05, 0) is 47.9 Å². The Morgan fingerprint density at radius 3 is 2.85 bits per heavy atom. The van der Waals surface area contributed by atoms with Gasteiger partial charge in [0, 0.05) is 4.47 Å². The molecule has 2 aliphatic carbocycles. The topological polar surface area (TPSA) is 20.2 Å². The zero-order valence-electron chi connectivity index (χ0n) is 7.26. The quantitative estimate of drug-likeness (QED) is 0.738. The third-order valence-corrected chi connectivity index (χ3v) is 3.88. The number of aliphatic hydroxyl groups excluding tert-OH is 1. The molecule has 0 radical (unpaired) electrons. The van der Waals surface area contributed by atoms with Gasteiger partial charge in [-0.3, -0.25) is 0 Å². The van der Waals surface area contributed by atoms with E-state index in [-0.39, 0.29) is 6.10 Å². The standard InChI is InChI=1S/C11H11BrO/c12-7-1-2-8-9(5-7)11(3-4-11)6-10(8)13/h1-2,5,10,13H,3-4,6H2. The van der Waals surface area contributed by atoms with Crippen LogP contribution in [-0.2, 0) is 5.41 Å². The third-order valence-electron chi connectivity index (χ3n) is 3.38. The molecule has 1 nitrogen and oxygen atoms in total. The number of aliphatic hydroxyl groups is 1. The Morgan fingerprint density at radius 2 is 2.15 bits per heavy atom. The molecule has 1 fully saturated rings.